The highest BCUT2D eigenvalue weighted by Gasteiger charge is 2.16. The molecule has 2 aromatic heterocycles. The van der Waals surface area contributed by atoms with Crippen LogP contribution in [0.2, 0.25) is 0 Å². The third-order valence-electron chi connectivity index (χ3n) is 2.82. The van der Waals surface area contributed by atoms with Crippen molar-refractivity contribution in [3.8, 4) is 0 Å². The molecular formula is C12H18N6OS. The maximum Gasteiger partial charge on any atom is 0.240 e. The van der Waals surface area contributed by atoms with E-state index in [4.69, 9.17) is 5.84 Å². The van der Waals surface area contributed by atoms with E-state index in [1.807, 2.05) is 30.2 Å². The molecule has 20 heavy (non-hydrogen) atoms. The van der Waals surface area contributed by atoms with Crippen LogP contribution in [0, 0.1) is 0 Å². The van der Waals surface area contributed by atoms with Gasteiger partial charge in [-0.25, -0.2) is 10.8 Å². The van der Waals surface area contributed by atoms with E-state index in [0.29, 0.717) is 19.0 Å². The smallest absolute Gasteiger partial charge is 0.240 e. The van der Waals surface area contributed by atoms with Gasteiger partial charge in [0.15, 0.2) is 0 Å². The Hall–Kier alpha value is -1.93. The topological polar surface area (TPSA) is 96.2 Å². The zero-order chi connectivity index (χ0) is 14.5. The third kappa shape index (κ3) is 2.97. The van der Waals surface area contributed by atoms with Crippen molar-refractivity contribution in [2.24, 2.45) is 5.84 Å². The fourth-order valence-corrected chi connectivity index (χ4v) is 2.67. The van der Waals surface area contributed by atoms with Crippen LogP contribution in [0.4, 0.5) is 11.8 Å². The number of aromatic nitrogens is 2. The van der Waals surface area contributed by atoms with Crippen molar-refractivity contribution in [2.75, 3.05) is 30.0 Å². The molecule has 8 heteroatoms. The number of amides is 1. The molecule has 108 valence electrons. The Balaban J connectivity index is 2.37. The fourth-order valence-electron chi connectivity index (χ4n) is 1.91. The summed E-state index contributed by atoms with van der Waals surface area (Å²) >= 11 is 1.51. The van der Waals surface area contributed by atoms with Gasteiger partial charge in [0.05, 0.1) is 11.9 Å². The first-order valence-corrected chi connectivity index (χ1v) is 7.31. The second-order valence-electron chi connectivity index (χ2n) is 4.12. The van der Waals surface area contributed by atoms with Crippen LogP contribution in [0.15, 0.2) is 11.4 Å². The molecule has 2 rings (SSSR count). The van der Waals surface area contributed by atoms with Crippen LogP contribution >= 0.6 is 11.3 Å². The van der Waals surface area contributed by atoms with E-state index in [9.17, 15) is 4.79 Å². The maximum absolute atomic E-state index is 11.8. The Morgan fingerprint density at radius 1 is 1.45 bits per heavy atom. The van der Waals surface area contributed by atoms with Crippen LogP contribution in [0.1, 0.15) is 13.8 Å². The number of carbonyl (C=O) groups is 1. The quantitative estimate of drug-likeness (QED) is 0.542. The van der Waals surface area contributed by atoms with Gasteiger partial charge in [0.1, 0.15) is 10.6 Å². The molecule has 0 aromatic carbocycles. The summed E-state index contributed by atoms with van der Waals surface area (Å²) in [4.78, 5) is 23.2. The molecule has 0 atom stereocenters. The molecule has 0 fully saturated rings. The summed E-state index contributed by atoms with van der Waals surface area (Å²) in [6.45, 7) is 5.42. The van der Waals surface area contributed by atoms with Crippen molar-refractivity contribution in [3.05, 3.63) is 11.4 Å². The molecule has 0 unspecified atom stereocenters. The van der Waals surface area contributed by atoms with E-state index >= 15 is 0 Å². The predicted molar refractivity (Wildman–Crippen MR) is 81.8 cm³/mol. The molecule has 1 amide bonds. The maximum atomic E-state index is 11.8. The molecule has 0 aliphatic carbocycles. The standard InChI is InChI=1S/C12H18N6OS/c1-3-14-9(19)7-18(4-2)10-8-5-6-20-11(8)16-12(15-10)17-13/h5-6H,3-4,7,13H2,1-2H3,(H,14,19)(H,15,16,17). The van der Waals surface area contributed by atoms with Gasteiger partial charge in [-0.05, 0) is 25.3 Å². The molecule has 0 saturated carbocycles. The summed E-state index contributed by atoms with van der Waals surface area (Å²) < 4.78 is 0. The summed E-state index contributed by atoms with van der Waals surface area (Å²) in [5, 5.41) is 5.67. The summed E-state index contributed by atoms with van der Waals surface area (Å²) in [5.41, 5.74) is 2.46. The number of nitrogen functional groups attached to an aromatic ring is 1. The first-order chi connectivity index (χ1) is 9.69. The minimum Gasteiger partial charge on any atom is -0.355 e. The minimum atomic E-state index is -0.0291. The summed E-state index contributed by atoms with van der Waals surface area (Å²) in [6, 6.07) is 1.95. The van der Waals surface area contributed by atoms with E-state index in [1.54, 1.807) is 0 Å². The minimum absolute atomic E-state index is 0.0291. The molecule has 2 aromatic rings. The monoisotopic (exact) mass is 294 g/mol. The molecule has 0 aliphatic rings. The van der Waals surface area contributed by atoms with Gasteiger partial charge >= 0.3 is 0 Å². The molecule has 0 saturated heterocycles. The Morgan fingerprint density at radius 2 is 2.25 bits per heavy atom. The van der Waals surface area contributed by atoms with Crippen LogP contribution < -0.4 is 21.5 Å². The number of rotatable bonds is 6. The Morgan fingerprint density at radius 3 is 2.90 bits per heavy atom. The number of hydrogen-bond donors (Lipinski definition) is 3. The lowest BCUT2D eigenvalue weighted by atomic mass is 10.3. The van der Waals surface area contributed by atoms with Crippen molar-refractivity contribution in [2.45, 2.75) is 13.8 Å². The molecule has 0 bridgehead atoms. The first-order valence-electron chi connectivity index (χ1n) is 6.43. The van der Waals surface area contributed by atoms with Crippen molar-refractivity contribution < 1.29 is 4.79 Å². The number of carbonyl (C=O) groups excluding carboxylic acids is 1. The Labute approximate surface area is 121 Å². The summed E-state index contributed by atoms with van der Waals surface area (Å²) in [5.74, 6) is 6.44. The molecule has 7 nitrogen and oxygen atoms in total. The number of fused-ring (bicyclic) bond motifs is 1. The van der Waals surface area contributed by atoms with Gasteiger partial charge < -0.3 is 10.2 Å². The molecular weight excluding hydrogens is 276 g/mol. The van der Waals surface area contributed by atoms with Gasteiger partial charge in [0.2, 0.25) is 11.9 Å². The number of thiophene rings is 1. The zero-order valence-corrected chi connectivity index (χ0v) is 12.3. The van der Waals surface area contributed by atoms with E-state index < -0.39 is 0 Å². The van der Waals surface area contributed by atoms with Crippen LogP contribution in [-0.2, 0) is 4.79 Å². The van der Waals surface area contributed by atoms with E-state index in [1.165, 1.54) is 11.3 Å². The summed E-state index contributed by atoms with van der Waals surface area (Å²) in [7, 11) is 0. The SMILES string of the molecule is CCNC(=O)CN(CC)c1nc(NN)nc2sccc12. The Kier molecular flexibility index (Phi) is 4.70. The lowest BCUT2D eigenvalue weighted by Crippen LogP contribution is -2.37. The van der Waals surface area contributed by atoms with Gasteiger partial charge in [-0.1, -0.05) is 0 Å². The Bertz CT molecular complexity index is 599. The van der Waals surface area contributed by atoms with Crippen molar-refractivity contribution in [3.63, 3.8) is 0 Å². The largest absolute Gasteiger partial charge is 0.355 e. The second kappa shape index (κ2) is 6.49. The normalized spacial score (nSPS) is 10.6. The lowest BCUT2D eigenvalue weighted by Gasteiger charge is -2.22. The molecule has 2 heterocycles. The highest BCUT2D eigenvalue weighted by molar-refractivity contribution is 7.16. The number of hydrogen-bond acceptors (Lipinski definition) is 7. The zero-order valence-electron chi connectivity index (χ0n) is 11.5. The fraction of sp³-hybridized carbons (Fsp3) is 0.417. The number of likely N-dealkylation sites (N-methyl/N-ethyl adjacent to an activating group) is 2. The van der Waals surface area contributed by atoms with E-state index in [-0.39, 0.29) is 12.5 Å². The van der Waals surface area contributed by atoms with Crippen LogP contribution in [0.25, 0.3) is 10.2 Å². The average Bonchev–Trinajstić information content (AvgIpc) is 2.92. The van der Waals surface area contributed by atoms with Crippen LogP contribution in [0.3, 0.4) is 0 Å². The molecule has 0 radical (unpaired) electrons. The lowest BCUT2D eigenvalue weighted by molar-refractivity contribution is -0.119. The van der Waals surface area contributed by atoms with Gasteiger partial charge in [0, 0.05) is 13.1 Å². The number of hydrazine groups is 1. The van der Waals surface area contributed by atoms with Gasteiger partial charge in [-0.15, -0.1) is 11.3 Å². The number of anilines is 2. The summed E-state index contributed by atoms with van der Waals surface area (Å²) in [6.07, 6.45) is 0. The van der Waals surface area contributed by atoms with Crippen molar-refractivity contribution in [1.29, 1.82) is 0 Å². The van der Waals surface area contributed by atoms with Gasteiger partial charge in [0.25, 0.3) is 0 Å². The number of nitrogens with zero attached hydrogens (tertiary/aromatic N) is 3. The second-order valence-corrected chi connectivity index (χ2v) is 5.02. The first kappa shape index (κ1) is 14.5. The van der Waals surface area contributed by atoms with Crippen molar-refractivity contribution in [1.82, 2.24) is 15.3 Å². The average molecular weight is 294 g/mol. The number of nitrogens with two attached hydrogens (primary N) is 1. The predicted octanol–water partition coefficient (Wildman–Crippen LogP) is 0.939. The highest BCUT2D eigenvalue weighted by Crippen LogP contribution is 2.28. The third-order valence-corrected chi connectivity index (χ3v) is 3.63. The highest BCUT2D eigenvalue weighted by atomic mass is 32.1. The van der Waals surface area contributed by atoms with Crippen LogP contribution in [0.5, 0.6) is 0 Å². The van der Waals surface area contributed by atoms with Gasteiger partial charge in [-0.2, -0.15) is 4.98 Å². The van der Waals surface area contributed by atoms with Crippen LogP contribution in [-0.4, -0.2) is 35.5 Å². The van der Waals surface area contributed by atoms with E-state index in [2.05, 4.69) is 20.7 Å². The molecule has 4 N–H and O–H groups in total. The van der Waals surface area contributed by atoms with E-state index in [0.717, 1.165) is 16.0 Å². The van der Waals surface area contributed by atoms with Gasteiger partial charge in [-0.3, -0.25) is 10.2 Å². The molecule has 0 spiro atoms. The molecule has 0 aliphatic heterocycles. The number of nitrogens with one attached hydrogen (secondary N) is 2. The van der Waals surface area contributed by atoms with Crippen molar-refractivity contribution >= 4 is 39.2 Å².